The summed E-state index contributed by atoms with van der Waals surface area (Å²) in [6, 6.07) is 7.61. The summed E-state index contributed by atoms with van der Waals surface area (Å²) in [4.78, 5) is 35.1. The molecule has 0 saturated heterocycles. The molecule has 0 aliphatic carbocycles. The van der Waals surface area contributed by atoms with Gasteiger partial charge in [-0.25, -0.2) is 9.78 Å². The van der Waals surface area contributed by atoms with E-state index < -0.39 is 5.97 Å². The number of methoxy groups -OCH3 is 1. The fourth-order valence-corrected chi connectivity index (χ4v) is 4.63. The van der Waals surface area contributed by atoms with E-state index in [-0.39, 0.29) is 11.7 Å². The van der Waals surface area contributed by atoms with Gasteiger partial charge in [0.15, 0.2) is 11.5 Å². The SMILES string of the molecule is CCN(Cc1nc2sc(C(=O)OC)c(C)c2c(=O)[nH]1)C[C@@H]1COc2ccccc2O1. The number of likely N-dealkylation sites (N-methyl/N-ethyl adjacent to an activating group) is 1. The summed E-state index contributed by atoms with van der Waals surface area (Å²) in [6.45, 7) is 6.07. The molecule has 0 radical (unpaired) electrons. The van der Waals surface area contributed by atoms with E-state index in [1.165, 1.54) is 18.4 Å². The van der Waals surface area contributed by atoms with Gasteiger partial charge in [0.25, 0.3) is 5.56 Å². The molecule has 8 nitrogen and oxygen atoms in total. The number of para-hydroxylation sites is 2. The quantitative estimate of drug-likeness (QED) is 0.602. The standard InChI is InChI=1S/C21H23N3O5S/c1-4-24(9-13-11-28-14-7-5-6-8-15(14)29-13)10-16-22-19(25)17-12(2)18(21(26)27-3)30-20(17)23-16/h5-8,13H,4,9-11H2,1-3H3,(H,22,23,25)/t13-/m1/s1. The van der Waals surface area contributed by atoms with Crippen LogP contribution in [-0.2, 0) is 11.3 Å². The van der Waals surface area contributed by atoms with Crippen LogP contribution < -0.4 is 15.0 Å². The summed E-state index contributed by atoms with van der Waals surface area (Å²) in [5.41, 5.74) is 0.349. The average molecular weight is 429 g/mol. The van der Waals surface area contributed by atoms with E-state index in [9.17, 15) is 9.59 Å². The first-order chi connectivity index (χ1) is 14.5. The largest absolute Gasteiger partial charge is 0.486 e. The molecule has 0 spiro atoms. The summed E-state index contributed by atoms with van der Waals surface area (Å²) in [7, 11) is 1.32. The number of hydrogen-bond acceptors (Lipinski definition) is 8. The maximum absolute atomic E-state index is 12.6. The lowest BCUT2D eigenvalue weighted by molar-refractivity contribution is 0.0573. The molecule has 30 heavy (non-hydrogen) atoms. The molecular weight excluding hydrogens is 406 g/mol. The minimum absolute atomic E-state index is 0.120. The van der Waals surface area contributed by atoms with E-state index in [4.69, 9.17) is 14.2 Å². The molecule has 1 aromatic carbocycles. The number of ether oxygens (including phenoxy) is 3. The van der Waals surface area contributed by atoms with Crippen molar-refractivity contribution in [1.82, 2.24) is 14.9 Å². The highest BCUT2D eigenvalue weighted by atomic mass is 32.1. The van der Waals surface area contributed by atoms with Crippen molar-refractivity contribution in [3.05, 3.63) is 50.9 Å². The molecule has 3 heterocycles. The van der Waals surface area contributed by atoms with Gasteiger partial charge < -0.3 is 19.2 Å². The van der Waals surface area contributed by atoms with Gasteiger partial charge in [0, 0.05) is 6.54 Å². The monoisotopic (exact) mass is 429 g/mol. The zero-order valence-corrected chi connectivity index (χ0v) is 17.9. The number of esters is 1. The molecule has 1 aliphatic heterocycles. The van der Waals surface area contributed by atoms with Gasteiger partial charge in [0.1, 0.15) is 28.2 Å². The van der Waals surface area contributed by atoms with Crippen molar-refractivity contribution < 1.29 is 19.0 Å². The van der Waals surface area contributed by atoms with Crippen LogP contribution in [0.3, 0.4) is 0 Å². The third-order valence-electron chi connectivity index (χ3n) is 5.07. The number of aromatic nitrogens is 2. The van der Waals surface area contributed by atoms with Crippen LogP contribution in [0.25, 0.3) is 10.2 Å². The Morgan fingerprint density at radius 2 is 2.13 bits per heavy atom. The van der Waals surface area contributed by atoms with Crippen LogP contribution in [0.4, 0.5) is 0 Å². The van der Waals surface area contributed by atoms with Gasteiger partial charge in [0.05, 0.1) is 19.0 Å². The van der Waals surface area contributed by atoms with Crippen LogP contribution in [0.15, 0.2) is 29.1 Å². The number of benzene rings is 1. The first kappa shape index (κ1) is 20.4. The van der Waals surface area contributed by atoms with Gasteiger partial charge in [0.2, 0.25) is 0 Å². The first-order valence-corrected chi connectivity index (χ1v) is 10.5. The van der Waals surface area contributed by atoms with Crippen LogP contribution in [0.2, 0.25) is 0 Å². The number of carbonyl (C=O) groups excluding carboxylic acids is 1. The van der Waals surface area contributed by atoms with Crippen LogP contribution in [-0.4, -0.2) is 53.7 Å². The second kappa shape index (κ2) is 8.45. The molecule has 3 aromatic rings. The third-order valence-corrected chi connectivity index (χ3v) is 6.24. The second-order valence-corrected chi connectivity index (χ2v) is 8.06. The summed E-state index contributed by atoms with van der Waals surface area (Å²) in [5.74, 6) is 1.58. The fraction of sp³-hybridized carbons (Fsp3) is 0.381. The molecule has 0 saturated carbocycles. The molecule has 1 atom stereocenters. The molecule has 0 amide bonds. The normalized spacial score (nSPS) is 15.5. The van der Waals surface area contributed by atoms with E-state index in [1.807, 2.05) is 31.2 Å². The van der Waals surface area contributed by atoms with Crippen molar-refractivity contribution in [3.63, 3.8) is 0 Å². The summed E-state index contributed by atoms with van der Waals surface area (Å²) in [6.07, 6.45) is -0.120. The van der Waals surface area contributed by atoms with Gasteiger partial charge >= 0.3 is 5.97 Å². The van der Waals surface area contributed by atoms with E-state index in [1.54, 1.807) is 6.92 Å². The second-order valence-electron chi connectivity index (χ2n) is 7.07. The molecule has 1 N–H and O–H groups in total. The molecule has 1 aliphatic rings. The molecule has 2 aromatic heterocycles. The minimum atomic E-state index is -0.457. The van der Waals surface area contributed by atoms with Gasteiger partial charge in [-0.1, -0.05) is 19.1 Å². The summed E-state index contributed by atoms with van der Waals surface area (Å²) in [5, 5.41) is 0.438. The molecule has 4 rings (SSSR count). The number of carbonyl (C=O) groups is 1. The lowest BCUT2D eigenvalue weighted by Gasteiger charge is -2.30. The van der Waals surface area contributed by atoms with Gasteiger partial charge in [-0.3, -0.25) is 9.69 Å². The zero-order valence-electron chi connectivity index (χ0n) is 17.1. The number of H-pyrrole nitrogens is 1. The number of nitrogens with one attached hydrogen (secondary N) is 1. The number of aryl methyl sites for hydroxylation is 1. The Kier molecular flexibility index (Phi) is 5.74. The van der Waals surface area contributed by atoms with E-state index in [0.717, 1.165) is 18.0 Å². The highest BCUT2D eigenvalue weighted by Crippen LogP contribution is 2.31. The number of nitrogens with zero attached hydrogens (tertiary/aromatic N) is 2. The Hall–Kier alpha value is -2.91. The Bertz CT molecular complexity index is 1140. The molecule has 0 unspecified atom stereocenters. The van der Waals surface area contributed by atoms with Crippen molar-refractivity contribution in [1.29, 1.82) is 0 Å². The van der Waals surface area contributed by atoms with Gasteiger partial charge in [-0.2, -0.15) is 0 Å². The van der Waals surface area contributed by atoms with Crippen LogP contribution in [0.1, 0.15) is 28.0 Å². The highest BCUT2D eigenvalue weighted by Gasteiger charge is 2.24. The molecule has 9 heteroatoms. The summed E-state index contributed by atoms with van der Waals surface area (Å²) >= 11 is 1.18. The predicted octanol–water partition coefficient (Wildman–Crippen LogP) is 2.74. The Balaban J connectivity index is 1.52. The lowest BCUT2D eigenvalue weighted by Crippen LogP contribution is -2.41. The highest BCUT2D eigenvalue weighted by molar-refractivity contribution is 7.20. The van der Waals surface area contributed by atoms with Crippen molar-refractivity contribution in [2.24, 2.45) is 0 Å². The first-order valence-electron chi connectivity index (χ1n) is 9.71. The molecule has 0 bridgehead atoms. The topological polar surface area (TPSA) is 93.8 Å². The number of fused-ring (bicyclic) bond motifs is 2. The smallest absolute Gasteiger partial charge is 0.348 e. The average Bonchev–Trinajstić information content (AvgIpc) is 3.09. The Morgan fingerprint density at radius 1 is 1.37 bits per heavy atom. The number of rotatable bonds is 6. The van der Waals surface area contributed by atoms with Crippen molar-refractivity contribution >= 4 is 27.5 Å². The Morgan fingerprint density at radius 3 is 2.87 bits per heavy atom. The van der Waals surface area contributed by atoms with Gasteiger partial charge in [-0.05, 0) is 31.2 Å². The maximum Gasteiger partial charge on any atom is 0.348 e. The predicted molar refractivity (Wildman–Crippen MR) is 114 cm³/mol. The van der Waals surface area contributed by atoms with Crippen LogP contribution in [0, 0.1) is 6.92 Å². The maximum atomic E-state index is 12.6. The number of thiophene rings is 1. The van der Waals surface area contributed by atoms with Crippen LogP contribution >= 0.6 is 11.3 Å². The van der Waals surface area contributed by atoms with Crippen molar-refractivity contribution in [2.75, 3.05) is 26.8 Å². The minimum Gasteiger partial charge on any atom is -0.486 e. The third kappa shape index (κ3) is 3.90. The van der Waals surface area contributed by atoms with E-state index in [2.05, 4.69) is 14.9 Å². The molecule has 158 valence electrons. The molecule has 0 fully saturated rings. The van der Waals surface area contributed by atoms with E-state index >= 15 is 0 Å². The fourth-order valence-electron chi connectivity index (χ4n) is 3.51. The van der Waals surface area contributed by atoms with Crippen molar-refractivity contribution in [3.8, 4) is 11.5 Å². The number of aromatic amines is 1. The van der Waals surface area contributed by atoms with Gasteiger partial charge in [-0.15, -0.1) is 11.3 Å². The summed E-state index contributed by atoms with van der Waals surface area (Å²) < 4.78 is 16.6. The lowest BCUT2D eigenvalue weighted by atomic mass is 10.2. The zero-order chi connectivity index (χ0) is 21.3. The molecular formula is C21H23N3O5S. The Labute approximate surface area is 177 Å². The number of hydrogen-bond donors (Lipinski definition) is 1. The van der Waals surface area contributed by atoms with Crippen molar-refractivity contribution in [2.45, 2.75) is 26.5 Å². The van der Waals surface area contributed by atoms with Crippen LogP contribution in [0.5, 0.6) is 11.5 Å². The van der Waals surface area contributed by atoms with E-state index in [0.29, 0.717) is 46.2 Å².